The second kappa shape index (κ2) is 4.37. The number of rotatable bonds is 1. The fraction of sp³-hybridized carbons (Fsp3) is 0.882. The summed E-state index contributed by atoms with van der Waals surface area (Å²) in [6.45, 7) is 8.80. The third kappa shape index (κ3) is 1.70. The van der Waals surface area contributed by atoms with Crippen LogP contribution in [0.1, 0.15) is 58.8 Å². The van der Waals surface area contributed by atoms with Gasteiger partial charge in [-0.3, -0.25) is 0 Å². The second-order valence-electron chi connectivity index (χ2n) is 7.48. The normalized spacial score (nSPS) is 51.6. The topological polar surface area (TPSA) is 20.2 Å². The Labute approximate surface area is 112 Å². The highest BCUT2D eigenvalue weighted by Crippen LogP contribution is 2.62. The lowest BCUT2D eigenvalue weighted by Gasteiger charge is -2.53. The maximum absolute atomic E-state index is 10.6. The fourth-order valence-electron chi connectivity index (χ4n) is 5.56. The van der Waals surface area contributed by atoms with Crippen molar-refractivity contribution in [3.8, 4) is 0 Å². The molecule has 0 unspecified atom stereocenters. The van der Waals surface area contributed by atoms with Crippen molar-refractivity contribution in [2.45, 2.75) is 64.9 Å². The molecule has 0 aromatic heterocycles. The molecule has 3 rings (SSSR count). The first-order valence-electron chi connectivity index (χ1n) is 7.87. The SMILES string of the molecule is C=C(C)[C@@H]1CC[C@@]2(C)[C@H]1[C@H]1CCCC[C@@H]1C[C@H]2O. The molecule has 3 aliphatic rings. The summed E-state index contributed by atoms with van der Waals surface area (Å²) in [5.41, 5.74) is 1.55. The Morgan fingerprint density at radius 3 is 2.67 bits per heavy atom. The quantitative estimate of drug-likeness (QED) is 0.691. The van der Waals surface area contributed by atoms with Gasteiger partial charge in [0.25, 0.3) is 0 Å². The second-order valence-corrected chi connectivity index (χ2v) is 7.48. The summed E-state index contributed by atoms with van der Waals surface area (Å²) in [5, 5.41) is 10.6. The standard InChI is InChI=1S/C17H28O/c1-11(2)13-8-9-17(3)15(18)10-12-6-4-5-7-14(12)16(13)17/h12-16,18H,1,4-10H2,2-3H3/t12-,13+,14+,15-,16-,17-/m1/s1. The molecule has 18 heavy (non-hydrogen) atoms. The van der Waals surface area contributed by atoms with E-state index in [1.54, 1.807) is 0 Å². The molecule has 6 atom stereocenters. The summed E-state index contributed by atoms with van der Waals surface area (Å²) < 4.78 is 0. The zero-order valence-corrected chi connectivity index (χ0v) is 12.0. The molecule has 0 aliphatic heterocycles. The largest absolute Gasteiger partial charge is 0.393 e. The van der Waals surface area contributed by atoms with E-state index in [9.17, 15) is 5.11 Å². The monoisotopic (exact) mass is 248 g/mol. The maximum Gasteiger partial charge on any atom is 0.0599 e. The third-order valence-corrected chi connectivity index (χ3v) is 6.54. The van der Waals surface area contributed by atoms with E-state index < -0.39 is 0 Å². The average Bonchev–Trinajstić information content (AvgIpc) is 2.69. The van der Waals surface area contributed by atoms with Crippen LogP contribution in [0.4, 0.5) is 0 Å². The highest BCUT2D eigenvalue weighted by atomic mass is 16.3. The molecular formula is C17H28O. The smallest absolute Gasteiger partial charge is 0.0599 e. The highest BCUT2D eigenvalue weighted by Gasteiger charge is 2.57. The lowest BCUT2D eigenvalue weighted by molar-refractivity contribution is -0.0974. The molecule has 102 valence electrons. The summed E-state index contributed by atoms with van der Waals surface area (Å²) in [6.07, 6.45) is 9.03. The van der Waals surface area contributed by atoms with Crippen LogP contribution in [-0.2, 0) is 0 Å². The fourth-order valence-corrected chi connectivity index (χ4v) is 5.56. The van der Waals surface area contributed by atoms with Gasteiger partial charge in [-0.1, -0.05) is 38.3 Å². The van der Waals surface area contributed by atoms with Gasteiger partial charge in [-0.25, -0.2) is 0 Å². The molecule has 3 saturated carbocycles. The summed E-state index contributed by atoms with van der Waals surface area (Å²) in [4.78, 5) is 0. The number of aliphatic hydroxyl groups is 1. The minimum absolute atomic E-state index is 0.0637. The van der Waals surface area contributed by atoms with Gasteiger partial charge < -0.3 is 5.11 Å². The van der Waals surface area contributed by atoms with Gasteiger partial charge in [0, 0.05) is 0 Å². The van der Waals surface area contributed by atoms with Crippen molar-refractivity contribution in [3.63, 3.8) is 0 Å². The molecule has 1 N–H and O–H groups in total. The molecule has 1 nitrogen and oxygen atoms in total. The molecule has 3 aliphatic carbocycles. The Morgan fingerprint density at radius 1 is 1.22 bits per heavy atom. The number of hydrogen-bond donors (Lipinski definition) is 1. The molecule has 0 heterocycles. The number of fused-ring (bicyclic) bond motifs is 3. The van der Waals surface area contributed by atoms with Crippen LogP contribution in [0.15, 0.2) is 12.2 Å². The first-order chi connectivity index (χ1) is 8.54. The first kappa shape index (κ1) is 12.7. The summed E-state index contributed by atoms with van der Waals surface area (Å²) >= 11 is 0. The van der Waals surface area contributed by atoms with E-state index >= 15 is 0 Å². The van der Waals surface area contributed by atoms with Crippen LogP contribution in [0, 0.1) is 29.1 Å². The first-order valence-corrected chi connectivity index (χ1v) is 7.87. The van der Waals surface area contributed by atoms with Crippen molar-refractivity contribution >= 4 is 0 Å². The summed E-state index contributed by atoms with van der Waals surface area (Å²) in [7, 11) is 0. The predicted molar refractivity (Wildman–Crippen MR) is 75.2 cm³/mol. The van der Waals surface area contributed by atoms with Gasteiger partial charge in [0.15, 0.2) is 0 Å². The van der Waals surface area contributed by atoms with Crippen molar-refractivity contribution in [2.75, 3.05) is 0 Å². The molecule has 0 aromatic rings. The zero-order chi connectivity index (χ0) is 12.9. The Morgan fingerprint density at radius 2 is 1.94 bits per heavy atom. The molecule has 0 radical (unpaired) electrons. The van der Waals surface area contributed by atoms with Crippen molar-refractivity contribution in [2.24, 2.45) is 29.1 Å². The number of allylic oxidation sites excluding steroid dienone is 1. The molecule has 0 saturated heterocycles. The van der Waals surface area contributed by atoms with Crippen LogP contribution in [0.25, 0.3) is 0 Å². The average molecular weight is 248 g/mol. The van der Waals surface area contributed by atoms with E-state index in [1.165, 1.54) is 44.1 Å². The van der Waals surface area contributed by atoms with Crippen molar-refractivity contribution < 1.29 is 5.11 Å². The van der Waals surface area contributed by atoms with Crippen molar-refractivity contribution in [1.29, 1.82) is 0 Å². The summed E-state index contributed by atoms with van der Waals surface area (Å²) in [5.74, 6) is 3.06. The van der Waals surface area contributed by atoms with Gasteiger partial charge >= 0.3 is 0 Å². The van der Waals surface area contributed by atoms with Crippen LogP contribution in [0.2, 0.25) is 0 Å². The van der Waals surface area contributed by atoms with E-state index in [4.69, 9.17) is 0 Å². The molecule has 0 aromatic carbocycles. The zero-order valence-electron chi connectivity index (χ0n) is 12.0. The van der Waals surface area contributed by atoms with Crippen molar-refractivity contribution in [3.05, 3.63) is 12.2 Å². The lowest BCUT2D eigenvalue weighted by Crippen LogP contribution is -2.50. The highest BCUT2D eigenvalue weighted by molar-refractivity contribution is 5.13. The Kier molecular flexibility index (Phi) is 3.09. The Bertz CT molecular complexity index is 348. The minimum atomic E-state index is -0.0637. The Hall–Kier alpha value is -0.300. The number of hydrogen-bond acceptors (Lipinski definition) is 1. The van der Waals surface area contributed by atoms with Gasteiger partial charge in [-0.15, -0.1) is 0 Å². The molecule has 1 heteroatoms. The Balaban J connectivity index is 1.94. The van der Waals surface area contributed by atoms with Crippen LogP contribution < -0.4 is 0 Å². The molecule has 0 bridgehead atoms. The minimum Gasteiger partial charge on any atom is -0.393 e. The van der Waals surface area contributed by atoms with E-state index in [-0.39, 0.29) is 11.5 Å². The lowest BCUT2D eigenvalue weighted by atomic mass is 9.54. The maximum atomic E-state index is 10.6. The molecule has 3 fully saturated rings. The van der Waals surface area contributed by atoms with Gasteiger partial charge in [-0.05, 0) is 61.7 Å². The van der Waals surface area contributed by atoms with Crippen LogP contribution in [0.5, 0.6) is 0 Å². The van der Waals surface area contributed by atoms with Crippen LogP contribution in [-0.4, -0.2) is 11.2 Å². The van der Waals surface area contributed by atoms with Gasteiger partial charge in [0.2, 0.25) is 0 Å². The third-order valence-electron chi connectivity index (χ3n) is 6.54. The van der Waals surface area contributed by atoms with Gasteiger partial charge in [0.1, 0.15) is 0 Å². The van der Waals surface area contributed by atoms with Crippen LogP contribution >= 0.6 is 0 Å². The van der Waals surface area contributed by atoms with Crippen molar-refractivity contribution in [1.82, 2.24) is 0 Å². The molecular weight excluding hydrogens is 220 g/mol. The van der Waals surface area contributed by atoms with Crippen LogP contribution in [0.3, 0.4) is 0 Å². The van der Waals surface area contributed by atoms with Gasteiger partial charge in [0.05, 0.1) is 6.10 Å². The summed E-state index contributed by atoms with van der Waals surface area (Å²) in [6, 6.07) is 0. The molecule has 0 amide bonds. The van der Waals surface area contributed by atoms with Gasteiger partial charge in [-0.2, -0.15) is 0 Å². The van der Waals surface area contributed by atoms with E-state index in [1.807, 2.05) is 0 Å². The van der Waals surface area contributed by atoms with E-state index in [0.717, 1.165) is 18.3 Å². The van der Waals surface area contributed by atoms with E-state index in [2.05, 4.69) is 20.4 Å². The molecule has 0 spiro atoms. The van der Waals surface area contributed by atoms with E-state index in [0.29, 0.717) is 11.8 Å². The predicted octanol–water partition coefficient (Wildman–Crippen LogP) is 4.17. The number of aliphatic hydroxyl groups excluding tert-OH is 1.